The van der Waals surface area contributed by atoms with Crippen LogP contribution in [-0.2, 0) is 4.74 Å². The molecule has 0 bridgehead atoms. The molecular formula is C12H23NO. The smallest absolute Gasteiger partial charge is 0.0705 e. The summed E-state index contributed by atoms with van der Waals surface area (Å²) in [5, 5.41) is 0. The maximum Gasteiger partial charge on any atom is 0.0705 e. The molecule has 2 fully saturated rings. The number of rotatable bonds is 1. The van der Waals surface area contributed by atoms with Crippen molar-refractivity contribution in [2.24, 2.45) is 11.1 Å². The minimum atomic E-state index is 0.200. The standard InChI is InChI=1S/C12H23NO/c1-11(2)5-3-6-12(9-11)7-4-10(8-13)14-12/h10H,3-9,13H2,1-2H3/t10-,12-/m1/s1. The van der Waals surface area contributed by atoms with E-state index in [0.717, 1.165) is 0 Å². The Bertz CT molecular complexity index is 214. The molecule has 0 aromatic rings. The van der Waals surface area contributed by atoms with E-state index in [2.05, 4.69) is 13.8 Å². The van der Waals surface area contributed by atoms with E-state index in [-0.39, 0.29) is 5.60 Å². The van der Waals surface area contributed by atoms with Gasteiger partial charge in [0.25, 0.3) is 0 Å². The molecule has 0 unspecified atom stereocenters. The molecule has 2 heteroatoms. The average Bonchev–Trinajstić information content (AvgIpc) is 2.46. The second-order valence-corrected chi connectivity index (χ2v) is 5.89. The molecule has 0 radical (unpaired) electrons. The van der Waals surface area contributed by atoms with Crippen LogP contribution in [0.1, 0.15) is 52.4 Å². The SMILES string of the molecule is CC1(C)CCC[C@@]2(CC[C@H](CN)O2)C1. The first-order valence-electron chi connectivity index (χ1n) is 5.93. The third kappa shape index (κ3) is 1.96. The third-order valence-electron chi connectivity index (χ3n) is 3.89. The van der Waals surface area contributed by atoms with Crippen molar-refractivity contribution in [2.75, 3.05) is 6.54 Å². The van der Waals surface area contributed by atoms with Gasteiger partial charge >= 0.3 is 0 Å². The molecule has 1 aliphatic carbocycles. The Morgan fingerprint density at radius 3 is 2.64 bits per heavy atom. The van der Waals surface area contributed by atoms with Gasteiger partial charge in [0, 0.05) is 6.54 Å². The van der Waals surface area contributed by atoms with Crippen molar-refractivity contribution in [3.8, 4) is 0 Å². The van der Waals surface area contributed by atoms with E-state index in [1.165, 1.54) is 38.5 Å². The summed E-state index contributed by atoms with van der Waals surface area (Å²) in [6.07, 6.45) is 7.91. The van der Waals surface area contributed by atoms with Crippen molar-refractivity contribution in [3.05, 3.63) is 0 Å². The van der Waals surface area contributed by atoms with Gasteiger partial charge in [-0.1, -0.05) is 20.3 Å². The predicted octanol–water partition coefficient (Wildman–Crippen LogP) is 2.46. The second-order valence-electron chi connectivity index (χ2n) is 5.89. The van der Waals surface area contributed by atoms with Crippen molar-refractivity contribution in [3.63, 3.8) is 0 Å². The monoisotopic (exact) mass is 197 g/mol. The van der Waals surface area contributed by atoms with E-state index in [9.17, 15) is 0 Å². The summed E-state index contributed by atoms with van der Waals surface area (Å²) in [4.78, 5) is 0. The fraction of sp³-hybridized carbons (Fsp3) is 1.00. The largest absolute Gasteiger partial charge is 0.370 e. The van der Waals surface area contributed by atoms with Gasteiger partial charge in [-0.2, -0.15) is 0 Å². The fourth-order valence-corrected chi connectivity index (χ4v) is 3.31. The van der Waals surface area contributed by atoms with Crippen LogP contribution in [0.2, 0.25) is 0 Å². The Hall–Kier alpha value is -0.0800. The Kier molecular flexibility index (Phi) is 2.61. The van der Waals surface area contributed by atoms with E-state index in [4.69, 9.17) is 10.5 Å². The lowest BCUT2D eigenvalue weighted by molar-refractivity contribution is -0.0872. The molecule has 1 heterocycles. The van der Waals surface area contributed by atoms with E-state index in [0.29, 0.717) is 18.1 Å². The molecule has 0 amide bonds. The first-order chi connectivity index (χ1) is 6.55. The summed E-state index contributed by atoms with van der Waals surface area (Å²) in [6, 6.07) is 0. The van der Waals surface area contributed by atoms with Crippen LogP contribution in [0, 0.1) is 5.41 Å². The van der Waals surface area contributed by atoms with E-state index in [1.54, 1.807) is 0 Å². The van der Waals surface area contributed by atoms with Crippen LogP contribution in [-0.4, -0.2) is 18.2 Å². The van der Waals surface area contributed by atoms with Gasteiger partial charge in [-0.05, 0) is 37.5 Å². The zero-order valence-electron chi connectivity index (χ0n) is 9.51. The van der Waals surface area contributed by atoms with Crippen LogP contribution in [0.25, 0.3) is 0 Å². The first-order valence-corrected chi connectivity index (χ1v) is 5.93. The first kappa shape index (κ1) is 10.4. The molecular weight excluding hydrogens is 174 g/mol. The summed E-state index contributed by atoms with van der Waals surface area (Å²) in [5.41, 5.74) is 6.34. The highest BCUT2D eigenvalue weighted by Gasteiger charge is 2.45. The van der Waals surface area contributed by atoms with Crippen LogP contribution in [0.15, 0.2) is 0 Å². The summed E-state index contributed by atoms with van der Waals surface area (Å²) < 4.78 is 6.15. The highest BCUT2D eigenvalue weighted by Crippen LogP contribution is 2.48. The highest BCUT2D eigenvalue weighted by atomic mass is 16.5. The number of hydrogen-bond donors (Lipinski definition) is 1. The summed E-state index contributed by atoms with van der Waals surface area (Å²) in [7, 11) is 0. The molecule has 2 atom stereocenters. The Morgan fingerprint density at radius 2 is 2.07 bits per heavy atom. The lowest BCUT2D eigenvalue weighted by Crippen LogP contribution is -2.39. The third-order valence-corrected chi connectivity index (χ3v) is 3.89. The number of hydrogen-bond acceptors (Lipinski definition) is 2. The molecule has 82 valence electrons. The van der Waals surface area contributed by atoms with E-state index in [1.807, 2.05) is 0 Å². The van der Waals surface area contributed by atoms with Crippen molar-refractivity contribution >= 4 is 0 Å². The van der Waals surface area contributed by atoms with Crippen LogP contribution < -0.4 is 5.73 Å². The lowest BCUT2D eigenvalue weighted by Gasteiger charge is -2.42. The Balaban J connectivity index is 2.03. The maximum absolute atomic E-state index is 6.15. The normalized spacial score (nSPS) is 41.8. The van der Waals surface area contributed by atoms with Crippen LogP contribution in [0.3, 0.4) is 0 Å². The molecule has 2 nitrogen and oxygen atoms in total. The molecule has 1 aliphatic heterocycles. The maximum atomic E-state index is 6.15. The van der Waals surface area contributed by atoms with Gasteiger partial charge in [0.15, 0.2) is 0 Å². The Morgan fingerprint density at radius 1 is 1.29 bits per heavy atom. The van der Waals surface area contributed by atoms with Gasteiger partial charge in [-0.25, -0.2) is 0 Å². The topological polar surface area (TPSA) is 35.2 Å². The van der Waals surface area contributed by atoms with Crippen molar-refractivity contribution in [1.82, 2.24) is 0 Å². The molecule has 1 spiro atoms. The molecule has 2 rings (SSSR count). The minimum absolute atomic E-state index is 0.200. The van der Waals surface area contributed by atoms with Crippen molar-refractivity contribution in [1.29, 1.82) is 0 Å². The highest BCUT2D eigenvalue weighted by molar-refractivity contribution is 4.96. The predicted molar refractivity (Wildman–Crippen MR) is 58.1 cm³/mol. The summed E-state index contributed by atoms with van der Waals surface area (Å²) in [6.45, 7) is 5.43. The van der Waals surface area contributed by atoms with Crippen LogP contribution >= 0.6 is 0 Å². The fourth-order valence-electron chi connectivity index (χ4n) is 3.31. The Labute approximate surface area is 87.2 Å². The number of nitrogens with two attached hydrogens (primary N) is 1. The average molecular weight is 197 g/mol. The quantitative estimate of drug-likeness (QED) is 0.701. The zero-order chi connectivity index (χ0) is 10.2. The molecule has 1 saturated carbocycles. The van der Waals surface area contributed by atoms with Crippen molar-refractivity contribution in [2.45, 2.75) is 64.1 Å². The van der Waals surface area contributed by atoms with Gasteiger partial charge < -0.3 is 10.5 Å². The van der Waals surface area contributed by atoms with E-state index < -0.39 is 0 Å². The van der Waals surface area contributed by atoms with Gasteiger partial charge in [0.05, 0.1) is 11.7 Å². The zero-order valence-corrected chi connectivity index (χ0v) is 9.51. The van der Waals surface area contributed by atoms with Crippen LogP contribution in [0.4, 0.5) is 0 Å². The molecule has 14 heavy (non-hydrogen) atoms. The van der Waals surface area contributed by atoms with E-state index >= 15 is 0 Å². The van der Waals surface area contributed by atoms with Crippen LogP contribution in [0.5, 0.6) is 0 Å². The van der Waals surface area contributed by atoms with Gasteiger partial charge in [-0.3, -0.25) is 0 Å². The molecule has 0 aromatic heterocycles. The minimum Gasteiger partial charge on any atom is -0.370 e. The lowest BCUT2D eigenvalue weighted by atomic mass is 9.69. The molecule has 2 N–H and O–H groups in total. The molecule has 1 saturated heterocycles. The summed E-state index contributed by atoms with van der Waals surface area (Å²) >= 11 is 0. The van der Waals surface area contributed by atoms with Gasteiger partial charge in [0.2, 0.25) is 0 Å². The second kappa shape index (κ2) is 3.49. The number of ether oxygens (including phenoxy) is 1. The van der Waals surface area contributed by atoms with Gasteiger partial charge in [0.1, 0.15) is 0 Å². The molecule has 0 aromatic carbocycles. The van der Waals surface area contributed by atoms with Gasteiger partial charge in [-0.15, -0.1) is 0 Å². The molecule has 2 aliphatic rings. The summed E-state index contributed by atoms with van der Waals surface area (Å²) in [5.74, 6) is 0. The van der Waals surface area contributed by atoms with Crippen molar-refractivity contribution < 1.29 is 4.74 Å².